The van der Waals surface area contributed by atoms with Gasteiger partial charge in [-0.2, -0.15) is 0 Å². The maximum absolute atomic E-state index is 10.8. The molecule has 0 spiro atoms. The Morgan fingerprint density at radius 1 is 1.42 bits per heavy atom. The Hall–Kier alpha value is -1.79. The quantitative estimate of drug-likeness (QED) is 0.688. The number of aryl methyl sites for hydroxylation is 2. The number of nitrogens with zero attached hydrogens (tertiary/aromatic N) is 2. The van der Waals surface area contributed by atoms with Crippen LogP contribution in [0, 0.1) is 24.0 Å². The SMILES string of the molecule is Cc1ccc([N+](=O)[O-])cc1-c1nc(C)c(CCN)s1. The van der Waals surface area contributed by atoms with Crippen LogP contribution in [-0.2, 0) is 6.42 Å². The van der Waals surface area contributed by atoms with Crippen molar-refractivity contribution in [1.82, 2.24) is 4.98 Å². The summed E-state index contributed by atoms with van der Waals surface area (Å²) in [6.07, 6.45) is 0.789. The predicted octanol–water partition coefficient (Wildman–Crippen LogP) is 2.84. The normalized spacial score (nSPS) is 10.7. The zero-order valence-corrected chi connectivity index (χ0v) is 11.7. The van der Waals surface area contributed by atoms with E-state index in [1.54, 1.807) is 23.5 Å². The Labute approximate surface area is 115 Å². The number of aromatic nitrogens is 1. The summed E-state index contributed by atoms with van der Waals surface area (Å²) < 4.78 is 0. The highest BCUT2D eigenvalue weighted by atomic mass is 32.1. The van der Waals surface area contributed by atoms with E-state index in [0.717, 1.165) is 33.1 Å². The van der Waals surface area contributed by atoms with E-state index >= 15 is 0 Å². The lowest BCUT2D eigenvalue weighted by molar-refractivity contribution is -0.384. The smallest absolute Gasteiger partial charge is 0.270 e. The highest BCUT2D eigenvalue weighted by Crippen LogP contribution is 2.32. The van der Waals surface area contributed by atoms with E-state index in [0.29, 0.717) is 6.54 Å². The molecule has 0 unspecified atom stereocenters. The second kappa shape index (κ2) is 5.46. The zero-order valence-electron chi connectivity index (χ0n) is 10.8. The van der Waals surface area contributed by atoms with Gasteiger partial charge in [0.25, 0.3) is 5.69 Å². The van der Waals surface area contributed by atoms with Crippen LogP contribution in [0.1, 0.15) is 16.1 Å². The van der Waals surface area contributed by atoms with Crippen LogP contribution in [0.25, 0.3) is 10.6 Å². The van der Waals surface area contributed by atoms with Crippen LogP contribution in [0.4, 0.5) is 5.69 Å². The molecule has 1 aromatic heterocycles. The van der Waals surface area contributed by atoms with Crippen molar-refractivity contribution in [3.05, 3.63) is 44.4 Å². The van der Waals surface area contributed by atoms with E-state index in [9.17, 15) is 10.1 Å². The Kier molecular flexibility index (Phi) is 3.92. The van der Waals surface area contributed by atoms with E-state index in [1.165, 1.54) is 6.07 Å². The highest BCUT2D eigenvalue weighted by Gasteiger charge is 2.14. The lowest BCUT2D eigenvalue weighted by Gasteiger charge is -2.01. The summed E-state index contributed by atoms with van der Waals surface area (Å²) in [6.45, 7) is 4.45. The fourth-order valence-electron chi connectivity index (χ4n) is 1.86. The molecule has 0 saturated heterocycles. The van der Waals surface area contributed by atoms with Gasteiger partial charge in [-0.15, -0.1) is 11.3 Å². The standard InChI is InChI=1S/C13H15N3O2S/c1-8-3-4-10(16(17)18)7-11(8)13-15-9(2)12(19-13)5-6-14/h3-4,7H,5-6,14H2,1-2H3. The summed E-state index contributed by atoms with van der Waals surface area (Å²) in [5, 5.41) is 11.7. The van der Waals surface area contributed by atoms with Gasteiger partial charge in [-0.25, -0.2) is 4.98 Å². The topological polar surface area (TPSA) is 82.0 Å². The first kappa shape index (κ1) is 13.6. The molecular formula is C13H15N3O2S. The Morgan fingerprint density at radius 3 is 2.79 bits per heavy atom. The van der Waals surface area contributed by atoms with Crippen LogP contribution in [0.5, 0.6) is 0 Å². The van der Waals surface area contributed by atoms with Crippen molar-refractivity contribution in [3.8, 4) is 10.6 Å². The summed E-state index contributed by atoms with van der Waals surface area (Å²) in [7, 11) is 0. The minimum atomic E-state index is -0.385. The predicted molar refractivity (Wildman–Crippen MR) is 76.4 cm³/mol. The molecule has 1 heterocycles. The van der Waals surface area contributed by atoms with Gasteiger partial charge in [-0.3, -0.25) is 10.1 Å². The van der Waals surface area contributed by atoms with Crippen molar-refractivity contribution in [2.75, 3.05) is 6.54 Å². The summed E-state index contributed by atoms with van der Waals surface area (Å²) in [6, 6.07) is 4.85. The van der Waals surface area contributed by atoms with Gasteiger partial charge in [-0.1, -0.05) is 6.07 Å². The largest absolute Gasteiger partial charge is 0.330 e. The van der Waals surface area contributed by atoms with Gasteiger partial charge in [0.05, 0.1) is 10.6 Å². The Morgan fingerprint density at radius 2 is 2.16 bits per heavy atom. The summed E-state index contributed by atoms with van der Waals surface area (Å²) >= 11 is 1.56. The first-order valence-corrected chi connectivity index (χ1v) is 6.76. The fraction of sp³-hybridized carbons (Fsp3) is 0.308. The maximum atomic E-state index is 10.8. The second-order valence-corrected chi connectivity index (χ2v) is 5.41. The van der Waals surface area contributed by atoms with Crippen LogP contribution in [0.3, 0.4) is 0 Å². The molecule has 1 aromatic carbocycles. The molecule has 0 aliphatic heterocycles. The molecule has 0 bridgehead atoms. The molecule has 2 N–H and O–H groups in total. The number of nitrogens with two attached hydrogens (primary N) is 1. The van der Waals surface area contributed by atoms with Crippen molar-refractivity contribution in [2.45, 2.75) is 20.3 Å². The first-order valence-electron chi connectivity index (χ1n) is 5.94. The van der Waals surface area contributed by atoms with E-state index < -0.39 is 0 Å². The zero-order chi connectivity index (χ0) is 14.0. The van der Waals surface area contributed by atoms with Gasteiger partial charge in [-0.05, 0) is 32.4 Å². The molecule has 5 nitrogen and oxygen atoms in total. The average Bonchev–Trinajstić information content (AvgIpc) is 2.71. The number of rotatable bonds is 4. The van der Waals surface area contributed by atoms with E-state index in [-0.39, 0.29) is 10.6 Å². The molecule has 2 aromatic rings. The number of thiazole rings is 1. The number of nitro benzene ring substituents is 1. The van der Waals surface area contributed by atoms with E-state index in [2.05, 4.69) is 4.98 Å². The molecule has 6 heteroatoms. The molecule has 0 aliphatic carbocycles. The second-order valence-electron chi connectivity index (χ2n) is 4.32. The van der Waals surface area contributed by atoms with Gasteiger partial charge in [0.2, 0.25) is 0 Å². The van der Waals surface area contributed by atoms with Gasteiger partial charge in [0.15, 0.2) is 0 Å². The van der Waals surface area contributed by atoms with Gasteiger partial charge < -0.3 is 5.73 Å². The molecule has 0 saturated carbocycles. The maximum Gasteiger partial charge on any atom is 0.270 e. The fourth-order valence-corrected chi connectivity index (χ4v) is 3.02. The van der Waals surface area contributed by atoms with Crippen LogP contribution < -0.4 is 5.73 Å². The molecule has 0 amide bonds. The lowest BCUT2D eigenvalue weighted by atomic mass is 10.1. The monoisotopic (exact) mass is 277 g/mol. The average molecular weight is 277 g/mol. The third-order valence-electron chi connectivity index (χ3n) is 2.93. The highest BCUT2D eigenvalue weighted by molar-refractivity contribution is 7.15. The minimum absolute atomic E-state index is 0.0915. The van der Waals surface area contributed by atoms with Gasteiger partial charge in [0.1, 0.15) is 5.01 Å². The van der Waals surface area contributed by atoms with E-state index in [4.69, 9.17) is 5.73 Å². The molecule has 0 aliphatic rings. The Bertz CT molecular complexity index is 622. The van der Waals surface area contributed by atoms with Crippen LogP contribution >= 0.6 is 11.3 Å². The Balaban J connectivity index is 2.48. The minimum Gasteiger partial charge on any atom is -0.330 e. The molecule has 0 fully saturated rings. The number of hydrogen-bond acceptors (Lipinski definition) is 5. The van der Waals surface area contributed by atoms with Gasteiger partial charge >= 0.3 is 0 Å². The molecule has 19 heavy (non-hydrogen) atoms. The number of hydrogen-bond donors (Lipinski definition) is 1. The summed E-state index contributed by atoms with van der Waals surface area (Å²) in [5.41, 5.74) is 8.42. The van der Waals surface area contributed by atoms with Crippen molar-refractivity contribution in [3.63, 3.8) is 0 Å². The van der Waals surface area contributed by atoms with Crippen LogP contribution in [0.15, 0.2) is 18.2 Å². The molecule has 0 atom stereocenters. The summed E-state index contributed by atoms with van der Waals surface area (Å²) in [5.74, 6) is 0. The van der Waals surface area contributed by atoms with Crippen molar-refractivity contribution in [2.24, 2.45) is 5.73 Å². The van der Waals surface area contributed by atoms with Crippen LogP contribution in [0.2, 0.25) is 0 Å². The van der Waals surface area contributed by atoms with Crippen LogP contribution in [-0.4, -0.2) is 16.5 Å². The number of nitro groups is 1. The van der Waals surface area contributed by atoms with Crippen molar-refractivity contribution in [1.29, 1.82) is 0 Å². The van der Waals surface area contributed by atoms with Crippen molar-refractivity contribution < 1.29 is 4.92 Å². The third-order valence-corrected chi connectivity index (χ3v) is 4.18. The van der Waals surface area contributed by atoms with Gasteiger partial charge in [0, 0.05) is 22.6 Å². The first-order chi connectivity index (χ1) is 9.02. The van der Waals surface area contributed by atoms with Crippen molar-refractivity contribution >= 4 is 17.0 Å². The number of non-ortho nitro benzene ring substituents is 1. The van der Waals surface area contributed by atoms with E-state index in [1.807, 2.05) is 13.8 Å². The third kappa shape index (κ3) is 2.80. The summed E-state index contributed by atoms with van der Waals surface area (Å²) in [4.78, 5) is 16.1. The molecule has 100 valence electrons. The number of benzene rings is 1. The molecule has 0 radical (unpaired) electrons. The lowest BCUT2D eigenvalue weighted by Crippen LogP contribution is -2.01. The molecule has 2 rings (SSSR count). The molecular weight excluding hydrogens is 262 g/mol.